The Labute approximate surface area is 196 Å². The molecule has 34 heavy (non-hydrogen) atoms. The van der Waals surface area contributed by atoms with Gasteiger partial charge < -0.3 is 14.4 Å². The molecule has 1 fully saturated rings. The molecule has 5 rings (SSSR count). The minimum absolute atomic E-state index is 0.136. The molecular formula is C24H25N7O3. The van der Waals surface area contributed by atoms with Gasteiger partial charge in [-0.3, -0.25) is 9.89 Å². The van der Waals surface area contributed by atoms with E-state index < -0.39 is 0 Å². The van der Waals surface area contributed by atoms with Gasteiger partial charge in [0.25, 0.3) is 5.91 Å². The second kappa shape index (κ2) is 8.97. The number of rotatable bonds is 6. The summed E-state index contributed by atoms with van der Waals surface area (Å²) in [6, 6.07) is 11.0. The highest BCUT2D eigenvalue weighted by molar-refractivity contribution is 5.98. The number of ether oxygens (including phenoxy) is 2. The van der Waals surface area contributed by atoms with Crippen LogP contribution >= 0.6 is 0 Å². The summed E-state index contributed by atoms with van der Waals surface area (Å²) in [4.78, 5) is 21.8. The van der Waals surface area contributed by atoms with E-state index in [1.54, 1.807) is 32.7 Å². The number of nitrogens with zero attached hydrogens (tertiary/aromatic N) is 6. The first kappa shape index (κ1) is 21.6. The molecule has 0 unspecified atom stereocenters. The van der Waals surface area contributed by atoms with Gasteiger partial charge in [-0.1, -0.05) is 12.1 Å². The number of aryl methyl sites for hydroxylation is 1. The van der Waals surface area contributed by atoms with Crippen molar-refractivity contribution in [3.8, 4) is 28.6 Å². The molecule has 174 valence electrons. The first-order chi connectivity index (χ1) is 16.6. The van der Waals surface area contributed by atoms with E-state index >= 15 is 0 Å². The van der Waals surface area contributed by atoms with E-state index in [9.17, 15) is 4.79 Å². The fourth-order valence-corrected chi connectivity index (χ4v) is 4.39. The maximum atomic E-state index is 13.8. The number of amides is 1. The van der Waals surface area contributed by atoms with Crippen LogP contribution in [-0.2, 0) is 0 Å². The van der Waals surface area contributed by atoms with Gasteiger partial charge in [-0.05, 0) is 49.6 Å². The number of methoxy groups -OCH3 is 2. The Morgan fingerprint density at radius 1 is 1.09 bits per heavy atom. The monoisotopic (exact) mass is 459 g/mol. The van der Waals surface area contributed by atoms with Crippen LogP contribution in [0.15, 0.2) is 48.8 Å². The topological polar surface area (TPSA) is 111 Å². The molecule has 2 aromatic carbocycles. The number of hydrogen-bond acceptors (Lipinski definition) is 7. The van der Waals surface area contributed by atoms with Crippen molar-refractivity contribution in [2.75, 3.05) is 20.8 Å². The van der Waals surface area contributed by atoms with Gasteiger partial charge in [-0.2, -0.15) is 20.1 Å². The SMILES string of the molecule is COc1cc(C(=O)N2CCC[C@H]2c2nc(-c3ccccc3OC)n[nH]2)c(-n2nccn2)cc1C. The third-order valence-corrected chi connectivity index (χ3v) is 6.06. The van der Waals surface area contributed by atoms with E-state index in [4.69, 9.17) is 14.5 Å². The molecule has 1 atom stereocenters. The van der Waals surface area contributed by atoms with Gasteiger partial charge in [0.15, 0.2) is 5.82 Å². The predicted molar refractivity (Wildman–Crippen MR) is 124 cm³/mol. The Morgan fingerprint density at radius 3 is 2.62 bits per heavy atom. The fourth-order valence-electron chi connectivity index (χ4n) is 4.39. The summed E-state index contributed by atoms with van der Waals surface area (Å²) in [6.07, 6.45) is 4.81. The number of aromatic nitrogens is 6. The summed E-state index contributed by atoms with van der Waals surface area (Å²) in [7, 11) is 3.21. The number of carbonyl (C=O) groups is 1. The van der Waals surface area contributed by atoms with Crippen molar-refractivity contribution in [2.24, 2.45) is 0 Å². The molecule has 1 saturated heterocycles. The molecule has 0 saturated carbocycles. The number of carbonyl (C=O) groups excluding carboxylic acids is 1. The van der Waals surface area contributed by atoms with Crippen LogP contribution in [0.5, 0.6) is 11.5 Å². The van der Waals surface area contributed by atoms with Crippen LogP contribution in [0.25, 0.3) is 17.1 Å². The molecule has 10 heteroatoms. The van der Waals surface area contributed by atoms with Crippen molar-refractivity contribution < 1.29 is 14.3 Å². The summed E-state index contributed by atoms with van der Waals surface area (Å²) >= 11 is 0. The van der Waals surface area contributed by atoms with Gasteiger partial charge in [0.1, 0.15) is 17.3 Å². The fraction of sp³-hybridized carbons (Fsp3) is 0.292. The average molecular weight is 460 g/mol. The zero-order valence-electron chi connectivity index (χ0n) is 19.2. The zero-order chi connectivity index (χ0) is 23.7. The number of H-pyrrole nitrogens is 1. The Balaban J connectivity index is 1.50. The van der Waals surface area contributed by atoms with E-state index in [0.29, 0.717) is 40.9 Å². The van der Waals surface area contributed by atoms with Crippen LogP contribution in [0.3, 0.4) is 0 Å². The third kappa shape index (κ3) is 3.76. The van der Waals surface area contributed by atoms with E-state index in [1.807, 2.05) is 42.2 Å². The summed E-state index contributed by atoms with van der Waals surface area (Å²) in [5, 5.41) is 15.9. The lowest BCUT2D eigenvalue weighted by Gasteiger charge is -2.24. The largest absolute Gasteiger partial charge is 0.496 e. The Morgan fingerprint density at radius 2 is 1.85 bits per heavy atom. The van der Waals surface area contributed by atoms with Crippen LogP contribution < -0.4 is 9.47 Å². The number of likely N-dealkylation sites (tertiary alicyclic amines) is 1. The standard InChI is InChI=1S/C24H25N7O3/c1-15-13-19(31-25-10-11-26-31)17(14-21(15)34-3)24(32)30-12-6-8-18(30)23-27-22(28-29-23)16-7-4-5-9-20(16)33-2/h4-5,7,9-11,13-14,18H,6,8,12H2,1-3H3,(H,27,28,29)/t18-/m0/s1. The van der Waals surface area contributed by atoms with Crippen molar-refractivity contribution in [3.05, 3.63) is 65.7 Å². The van der Waals surface area contributed by atoms with Gasteiger partial charge >= 0.3 is 0 Å². The minimum atomic E-state index is -0.228. The molecule has 10 nitrogen and oxygen atoms in total. The molecule has 2 aromatic heterocycles. The second-order valence-electron chi connectivity index (χ2n) is 8.06. The van der Waals surface area contributed by atoms with Gasteiger partial charge in [0, 0.05) is 6.54 Å². The summed E-state index contributed by atoms with van der Waals surface area (Å²) in [5.41, 5.74) is 2.75. The van der Waals surface area contributed by atoms with Crippen LogP contribution in [0.4, 0.5) is 0 Å². The summed E-state index contributed by atoms with van der Waals surface area (Å²) in [5.74, 6) is 2.36. The minimum Gasteiger partial charge on any atom is -0.496 e. The number of nitrogens with one attached hydrogen (secondary N) is 1. The average Bonchev–Trinajstić information content (AvgIpc) is 3.64. The molecule has 4 aromatic rings. The summed E-state index contributed by atoms with van der Waals surface area (Å²) in [6.45, 7) is 2.53. The number of aromatic amines is 1. The second-order valence-corrected chi connectivity index (χ2v) is 8.06. The molecule has 3 heterocycles. The smallest absolute Gasteiger partial charge is 0.256 e. The van der Waals surface area contributed by atoms with E-state index in [0.717, 1.165) is 24.0 Å². The van der Waals surface area contributed by atoms with Gasteiger partial charge in [0.2, 0.25) is 0 Å². The van der Waals surface area contributed by atoms with Crippen LogP contribution in [0.2, 0.25) is 0 Å². The van der Waals surface area contributed by atoms with Crippen LogP contribution in [-0.4, -0.2) is 61.7 Å². The van der Waals surface area contributed by atoms with Crippen LogP contribution in [0.1, 0.15) is 40.6 Å². The highest BCUT2D eigenvalue weighted by atomic mass is 16.5. The number of para-hydroxylation sites is 1. The Kier molecular flexibility index (Phi) is 5.70. The third-order valence-electron chi connectivity index (χ3n) is 6.06. The highest BCUT2D eigenvalue weighted by Gasteiger charge is 2.35. The molecule has 0 spiro atoms. The van der Waals surface area contributed by atoms with Gasteiger partial charge in [-0.15, -0.1) is 0 Å². The maximum Gasteiger partial charge on any atom is 0.256 e. The molecule has 0 aliphatic carbocycles. The van der Waals surface area contributed by atoms with Crippen molar-refractivity contribution in [2.45, 2.75) is 25.8 Å². The van der Waals surface area contributed by atoms with Crippen molar-refractivity contribution >= 4 is 5.91 Å². The molecular weight excluding hydrogens is 434 g/mol. The first-order valence-electron chi connectivity index (χ1n) is 11.0. The van der Waals surface area contributed by atoms with E-state index in [1.165, 1.54) is 4.80 Å². The van der Waals surface area contributed by atoms with Gasteiger partial charge in [0.05, 0.1) is 49.5 Å². The van der Waals surface area contributed by atoms with E-state index in [-0.39, 0.29) is 11.9 Å². The lowest BCUT2D eigenvalue weighted by atomic mass is 10.1. The maximum absolute atomic E-state index is 13.8. The van der Waals surface area contributed by atoms with Crippen molar-refractivity contribution in [3.63, 3.8) is 0 Å². The molecule has 1 aliphatic heterocycles. The lowest BCUT2D eigenvalue weighted by Crippen LogP contribution is -2.32. The molecule has 0 bridgehead atoms. The normalized spacial score (nSPS) is 15.5. The Bertz CT molecular complexity index is 1320. The molecule has 1 aliphatic rings. The van der Waals surface area contributed by atoms with Crippen molar-refractivity contribution in [1.29, 1.82) is 0 Å². The number of hydrogen-bond donors (Lipinski definition) is 1. The van der Waals surface area contributed by atoms with Crippen LogP contribution in [0, 0.1) is 6.92 Å². The quantitative estimate of drug-likeness (QED) is 0.471. The molecule has 1 N–H and O–H groups in total. The van der Waals surface area contributed by atoms with Crippen molar-refractivity contribution in [1.82, 2.24) is 35.1 Å². The van der Waals surface area contributed by atoms with E-state index in [2.05, 4.69) is 20.4 Å². The number of benzene rings is 2. The molecule has 0 radical (unpaired) electrons. The lowest BCUT2D eigenvalue weighted by molar-refractivity contribution is 0.0729. The Hall–Kier alpha value is -4.21. The highest BCUT2D eigenvalue weighted by Crippen LogP contribution is 2.35. The molecule has 1 amide bonds. The predicted octanol–water partition coefficient (Wildman–Crippen LogP) is 3.36. The summed E-state index contributed by atoms with van der Waals surface area (Å²) < 4.78 is 10.9. The zero-order valence-corrected chi connectivity index (χ0v) is 19.2. The van der Waals surface area contributed by atoms with Gasteiger partial charge in [-0.25, -0.2) is 4.98 Å². The first-order valence-corrected chi connectivity index (χ1v) is 11.0.